The number of hydrogen-bond acceptors (Lipinski definition) is 7. The summed E-state index contributed by atoms with van der Waals surface area (Å²) in [5, 5.41) is 3.16. The molecular weight excluding hydrogens is 542 g/mol. The lowest BCUT2D eigenvalue weighted by Crippen LogP contribution is -2.27. The first-order valence-electron chi connectivity index (χ1n) is 11.8. The number of amides is 2. The van der Waals surface area contributed by atoms with E-state index in [0.29, 0.717) is 38.0 Å². The maximum absolute atomic E-state index is 13.2. The molecule has 0 atom stereocenters. The second-order valence-electron chi connectivity index (χ2n) is 8.38. The Morgan fingerprint density at radius 1 is 1.08 bits per heavy atom. The number of thioether (sulfide) groups is 1. The van der Waals surface area contributed by atoms with Crippen LogP contribution in [0.15, 0.2) is 71.6 Å². The van der Waals surface area contributed by atoms with Crippen LogP contribution in [0.2, 0.25) is 5.02 Å². The van der Waals surface area contributed by atoms with Crippen LogP contribution >= 0.6 is 35.6 Å². The van der Waals surface area contributed by atoms with Crippen molar-refractivity contribution in [1.29, 1.82) is 0 Å². The van der Waals surface area contributed by atoms with E-state index in [1.807, 2.05) is 50.2 Å². The predicted octanol–water partition coefficient (Wildman–Crippen LogP) is 6.23. The Morgan fingerprint density at radius 3 is 2.50 bits per heavy atom. The smallest absolute Gasteiger partial charge is 0.270 e. The maximum Gasteiger partial charge on any atom is 0.270 e. The molecule has 0 unspecified atom stereocenters. The highest BCUT2D eigenvalue weighted by atomic mass is 35.5. The molecule has 1 N–H and O–H groups in total. The molecule has 0 aromatic heterocycles. The van der Waals surface area contributed by atoms with Gasteiger partial charge in [-0.25, -0.2) is 0 Å². The zero-order valence-electron chi connectivity index (χ0n) is 21.1. The first-order valence-corrected chi connectivity index (χ1v) is 13.4. The summed E-state index contributed by atoms with van der Waals surface area (Å²) in [6, 6.07) is 19.9. The van der Waals surface area contributed by atoms with Gasteiger partial charge in [0.1, 0.15) is 0 Å². The molecule has 1 fully saturated rings. The van der Waals surface area contributed by atoms with Gasteiger partial charge in [-0.05, 0) is 67.1 Å². The third kappa shape index (κ3) is 6.48. The van der Waals surface area contributed by atoms with Crippen LogP contribution < -0.4 is 24.6 Å². The predicted molar refractivity (Wildman–Crippen MR) is 160 cm³/mol. The lowest BCUT2D eigenvalue weighted by molar-refractivity contribution is -0.118. The van der Waals surface area contributed by atoms with Gasteiger partial charge in [-0.3, -0.25) is 14.5 Å². The summed E-state index contributed by atoms with van der Waals surface area (Å²) < 4.78 is 11.9. The van der Waals surface area contributed by atoms with Crippen molar-refractivity contribution in [1.82, 2.24) is 0 Å². The summed E-state index contributed by atoms with van der Waals surface area (Å²) in [5.74, 6) is 0.326. The third-order valence-electron chi connectivity index (χ3n) is 5.49. The fourth-order valence-corrected chi connectivity index (χ4v) is 5.12. The molecule has 10 heteroatoms. The number of halogens is 1. The third-order valence-corrected chi connectivity index (χ3v) is 7.12. The zero-order chi connectivity index (χ0) is 27.2. The van der Waals surface area contributed by atoms with Gasteiger partial charge in [0.25, 0.3) is 11.8 Å². The van der Waals surface area contributed by atoms with Gasteiger partial charge in [0.05, 0.1) is 27.9 Å². The summed E-state index contributed by atoms with van der Waals surface area (Å²) in [5.41, 5.74) is 3.00. The van der Waals surface area contributed by atoms with Gasteiger partial charge in [-0.2, -0.15) is 0 Å². The molecule has 1 aliphatic rings. The second-order valence-corrected chi connectivity index (χ2v) is 10.5. The molecule has 196 valence electrons. The largest absolute Gasteiger partial charge is 0.490 e. The molecule has 1 saturated heterocycles. The molecule has 2 amide bonds. The van der Waals surface area contributed by atoms with Crippen LogP contribution in [-0.2, 0) is 9.59 Å². The summed E-state index contributed by atoms with van der Waals surface area (Å²) >= 11 is 12.8. The average Bonchev–Trinajstić information content (AvgIpc) is 3.17. The van der Waals surface area contributed by atoms with Crippen molar-refractivity contribution >= 4 is 74.9 Å². The topological polar surface area (TPSA) is 71.1 Å². The number of carbonyl (C=O) groups is 2. The van der Waals surface area contributed by atoms with Crippen molar-refractivity contribution < 1.29 is 19.1 Å². The molecular formula is C28H26ClN3O4S2. The van der Waals surface area contributed by atoms with Crippen molar-refractivity contribution in [2.75, 3.05) is 42.4 Å². The fourth-order valence-electron chi connectivity index (χ4n) is 3.64. The molecule has 38 heavy (non-hydrogen) atoms. The van der Waals surface area contributed by atoms with Crippen LogP contribution in [0.4, 0.5) is 17.1 Å². The minimum Gasteiger partial charge on any atom is -0.490 e. The van der Waals surface area contributed by atoms with Gasteiger partial charge in [-0.15, -0.1) is 0 Å². The molecule has 0 saturated carbocycles. The summed E-state index contributed by atoms with van der Waals surface area (Å²) in [4.78, 5) is 29.6. The van der Waals surface area contributed by atoms with E-state index in [2.05, 4.69) is 5.32 Å². The lowest BCUT2D eigenvalue weighted by Gasteiger charge is -2.17. The van der Waals surface area contributed by atoms with Crippen molar-refractivity contribution in [3.63, 3.8) is 0 Å². The number of benzene rings is 3. The Balaban J connectivity index is 1.47. The highest BCUT2D eigenvalue weighted by Gasteiger charge is 2.33. The number of nitrogens with one attached hydrogen (secondary N) is 1. The molecule has 1 heterocycles. The number of para-hydroxylation sites is 1. The van der Waals surface area contributed by atoms with Gasteiger partial charge in [0, 0.05) is 19.8 Å². The normalized spacial score (nSPS) is 14.1. The molecule has 0 aliphatic carbocycles. The Bertz CT molecular complexity index is 1390. The van der Waals surface area contributed by atoms with Gasteiger partial charge >= 0.3 is 0 Å². The van der Waals surface area contributed by atoms with E-state index in [1.165, 1.54) is 16.7 Å². The number of thiocarbonyl (C=S) groups is 1. The van der Waals surface area contributed by atoms with Gasteiger partial charge < -0.3 is 19.7 Å². The highest BCUT2D eigenvalue weighted by molar-refractivity contribution is 8.27. The second kappa shape index (κ2) is 12.3. The average molecular weight is 568 g/mol. The van der Waals surface area contributed by atoms with Crippen molar-refractivity contribution in [3.05, 3.63) is 82.2 Å². The SMILES string of the molecule is CCOc1cc(/C=C2\SC(=S)N(c3ccc(N(C)C)cc3)C2=O)ccc1OCC(=O)Nc1ccccc1Cl. The van der Waals surface area contributed by atoms with E-state index in [9.17, 15) is 9.59 Å². The van der Waals surface area contributed by atoms with Crippen LogP contribution in [0.1, 0.15) is 12.5 Å². The van der Waals surface area contributed by atoms with Crippen LogP contribution in [0, 0.1) is 0 Å². The summed E-state index contributed by atoms with van der Waals surface area (Å²) in [7, 11) is 3.92. The fraction of sp³-hybridized carbons (Fsp3) is 0.179. The van der Waals surface area contributed by atoms with E-state index >= 15 is 0 Å². The Morgan fingerprint density at radius 2 is 1.82 bits per heavy atom. The number of nitrogens with zero attached hydrogens (tertiary/aromatic N) is 2. The lowest BCUT2D eigenvalue weighted by atomic mass is 10.1. The molecule has 3 aromatic carbocycles. The van der Waals surface area contributed by atoms with Crippen molar-refractivity contribution in [3.8, 4) is 11.5 Å². The Labute approximate surface area is 236 Å². The monoisotopic (exact) mass is 567 g/mol. The van der Waals surface area contributed by atoms with E-state index in [1.54, 1.807) is 48.5 Å². The standard InChI is InChI=1S/C28H26ClN3O4S2/c1-4-35-24-15-18(9-14-23(24)36-17-26(33)30-22-8-6-5-7-21(22)29)16-25-27(34)32(28(37)38-25)20-12-10-19(11-13-20)31(2)3/h5-16H,4,17H2,1-3H3,(H,30,33)/b25-16-. The summed E-state index contributed by atoms with van der Waals surface area (Å²) in [6.45, 7) is 2.03. The minimum atomic E-state index is -0.355. The molecule has 0 bridgehead atoms. The molecule has 7 nitrogen and oxygen atoms in total. The molecule has 0 spiro atoms. The van der Waals surface area contributed by atoms with Gasteiger partial charge in [-0.1, -0.05) is 53.8 Å². The van der Waals surface area contributed by atoms with Gasteiger partial charge in [0.2, 0.25) is 0 Å². The molecule has 3 aromatic rings. The van der Waals surface area contributed by atoms with E-state index in [-0.39, 0.29) is 18.4 Å². The maximum atomic E-state index is 13.2. The summed E-state index contributed by atoms with van der Waals surface area (Å²) in [6.07, 6.45) is 1.77. The van der Waals surface area contributed by atoms with Crippen molar-refractivity contribution in [2.45, 2.75) is 6.92 Å². The van der Waals surface area contributed by atoms with Gasteiger partial charge in [0.15, 0.2) is 22.4 Å². The number of anilines is 3. The van der Waals surface area contributed by atoms with Crippen LogP contribution in [0.25, 0.3) is 6.08 Å². The van der Waals surface area contributed by atoms with E-state index in [4.69, 9.17) is 33.3 Å². The zero-order valence-corrected chi connectivity index (χ0v) is 23.5. The molecule has 0 radical (unpaired) electrons. The van der Waals surface area contributed by atoms with Crippen LogP contribution in [0.3, 0.4) is 0 Å². The number of rotatable bonds is 9. The highest BCUT2D eigenvalue weighted by Crippen LogP contribution is 2.37. The number of hydrogen-bond donors (Lipinski definition) is 1. The number of carbonyl (C=O) groups excluding carboxylic acids is 2. The van der Waals surface area contributed by atoms with Crippen LogP contribution in [0.5, 0.6) is 11.5 Å². The van der Waals surface area contributed by atoms with E-state index in [0.717, 1.165) is 16.9 Å². The van der Waals surface area contributed by atoms with Crippen LogP contribution in [-0.4, -0.2) is 43.4 Å². The quantitative estimate of drug-likeness (QED) is 0.243. The number of ether oxygens (including phenoxy) is 2. The minimum absolute atomic E-state index is 0.188. The molecule has 4 rings (SSSR count). The van der Waals surface area contributed by atoms with E-state index < -0.39 is 0 Å². The first-order chi connectivity index (χ1) is 18.3. The van der Waals surface area contributed by atoms with Crippen molar-refractivity contribution in [2.24, 2.45) is 0 Å². The Hall–Kier alpha value is -3.53. The molecule has 1 aliphatic heterocycles. The first kappa shape index (κ1) is 27.5. The Kier molecular flexibility index (Phi) is 8.93.